The third-order valence-corrected chi connectivity index (χ3v) is 6.55. The zero-order valence-electron chi connectivity index (χ0n) is 16.3. The second-order valence-corrected chi connectivity index (χ2v) is 9.20. The molecule has 2 aromatic rings. The third-order valence-electron chi connectivity index (χ3n) is 5.01. The van der Waals surface area contributed by atoms with Gasteiger partial charge in [-0.25, -0.2) is 17.5 Å². The van der Waals surface area contributed by atoms with Crippen molar-refractivity contribution in [1.29, 1.82) is 0 Å². The molecule has 1 heterocycles. The topological polar surface area (TPSA) is 66.5 Å². The molecular weight excluding hydrogens is 379 g/mol. The summed E-state index contributed by atoms with van der Waals surface area (Å²) in [5, 5.41) is 0. The lowest BCUT2D eigenvalue weighted by Crippen LogP contribution is -2.38. The van der Waals surface area contributed by atoms with E-state index in [0.717, 1.165) is 11.1 Å². The molecule has 0 spiro atoms. The smallest absolute Gasteiger partial charge is 0.241 e. The number of hydrogen-bond acceptors (Lipinski definition) is 3. The second-order valence-electron chi connectivity index (χ2n) is 7.49. The van der Waals surface area contributed by atoms with Gasteiger partial charge in [0.25, 0.3) is 0 Å². The van der Waals surface area contributed by atoms with Gasteiger partial charge in [-0.3, -0.25) is 4.79 Å². The standard InChI is InChI=1S/C21H25FN2O3S/c1-14(2)21(25)24-11-10-17-6-9-20(12-18(17)13-24)28(26,27)23-15(3)16-4-7-19(22)8-5-16/h4-9,12,14-15,23H,10-11,13H2,1-3H3. The number of rotatable bonds is 5. The van der Waals surface area contributed by atoms with Gasteiger partial charge in [-0.1, -0.05) is 32.0 Å². The highest BCUT2D eigenvalue weighted by atomic mass is 32.2. The van der Waals surface area contributed by atoms with Gasteiger partial charge in [-0.2, -0.15) is 0 Å². The van der Waals surface area contributed by atoms with Crippen molar-refractivity contribution in [2.45, 2.75) is 44.7 Å². The van der Waals surface area contributed by atoms with Gasteiger partial charge < -0.3 is 4.90 Å². The Kier molecular flexibility index (Phi) is 5.86. The summed E-state index contributed by atoms with van der Waals surface area (Å²) in [6.07, 6.45) is 0.716. The van der Waals surface area contributed by atoms with Crippen LogP contribution >= 0.6 is 0 Å². The lowest BCUT2D eigenvalue weighted by atomic mass is 9.99. The highest BCUT2D eigenvalue weighted by Crippen LogP contribution is 2.25. The Morgan fingerprint density at radius 3 is 2.39 bits per heavy atom. The summed E-state index contributed by atoms with van der Waals surface area (Å²) in [7, 11) is -3.75. The van der Waals surface area contributed by atoms with Crippen molar-refractivity contribution in [3.05, 3.63) is 65.0 Å². The van der Waals surface area contributed by atoms with Crippen LogP contribution in [-0.4, -0.2) is 25.8 Å². The van der Waals surface area contributed by atoms with Gasteiger partial charge in [-0.05, 0) is 54.3 Å². The number of halogens is 1. The molecule has 1 N–H and O–H groups in total. The number of fused-ring (bicyclic) bond motifs is 1. The maximum atomic E-state index is 13.1. The van der Waals surface area contributed by atoms with Crippen molar-refractivity contribution >= 4 is 15.9 Å². The number of amides is 1. The number of nitrogens with zero attached hydrogens (tertiary/aromatic N) is 1. The fraction of sp³-hybridized carbons (Fsp3) is 0.381. The minimum Gasteiger partial charge on any atom is -0.338 e. The molecule has 5 nitrogen and oxygen atoms in total. The first-order valence-corrected chi connectivity index (χ1v) is 10.8. The lowest BCUT2D eigenvalue weighted by molar-refractivity contribution is -0.135. The first kappa shape index (κ1) is 20.5. The van der Waals surface area contributed by atoms with Crippen LogP contribution < -0.4 is 4.72 Å². The van der Waals surface area contributed by atoms with Crippen LogP contribution in [0.1, 0.15) is 43.5 Å². The molecule has 0 bridgehead atoms. The summed E-state index contributed by atoms with van der Waals surface area (Å²) in [6.45, 7) is 6.50. The molecule has 28 heavy (non-hydrogen) atoms. The van der Waals surface area contributed by atoms with Gasteiger partial charge >= 0.3 is 0 Å². The van der Waals surface area contributed by atoms with E-state index in [4.69, 9.17) is 0 Å². The van der Waals surface area contributed by atoms with Gasteiger partial charge in [-0.15, -0.1) is 0 Å². The highest BCUT2D eigenvalue weighted by molar-refractivity contribution is 7.89. The van der Waals surface area contributed by atoms with E-state index in [1.54, 1.807) is 36.1 Å². The van der Waals surface area contributed by atoms with E-state index in [0.29, 0.717) is 25.1 Å². The first-order valence-electron chi connectivity index (χ1n) is 9.36. The molecule has 1 atom stereocenters. The number of benzene rings is 2. The molecule has 1 unspecified atom stereocenters. The number of carbonyl (C=O) groups excluding carboxylic acids is 1. The summed E-state index contributed by atoms with van der Waals surface area (Å²) in [5.41, 5.74) is 2.60. The molecule has 1 aliphatic rings. The molecule has 150 valence electrons. The number of nitrogens with one attached hydrogen (secondary N) is 1. The van der Waals surface area contributed by atoms with Crippen molar-refractivity contribution in [1.82, 2.24) is 9.62 Å². The van der Waals surface area contributed by atoms with Crippen LogP contribution in [0.25, 0.3) is 0 Å². The normalized spacial score (nSPS) is 15.4. The number of sulfonamides is 1. The summed E-state index contributed by atoms with van der Waals surface area (Å²) >= 11 is 0. The van der Waals surface area contributed by atoms with Crippen molar-refractivity contribution < 1.29 is 17.6 Å². The fourth-order valence-corrected chi connectivity index (χ4v) is 4.66. The lowest BCUT2D eigenvalue weighted by Gasteiger charge is -2.30. The van der Waals surface area contributed by atoms with E-state index in [2.05, 4.69) is 4.72 Å². The average Bonchev–Trinajstić information content (AvgIpc) is 2.66. The maximum absolute atomic E-state index is 13.1. The molecule has 0 radical (unpaired) electrons. The molecule has 0 aromatic heterocycles. The predicted molar refractivity (Wildman–Crippen MR) is 106 cm³/mol. The zero-order valence-corrected chi connectivity index (χ0v) is 17.1. The van der Waals surface area contributed by atoms with E-state index in [1.165, 1.54) is 12.1 Å². The van der Waals surface area contributed by atoms with Gasteiger partial charge in [0.15, 0.2) is 0 Å². The molecule has 0 saturated heterocycles. The van der Waals surface area contributed by atoms with Gasteiger partial charge in [0.05, 0.1) is 4.90 Å². The van der Waals surface area contributed by atoms with E-state index in [1.807, 2.05) is 19.9 Å². The Labute approximate surface area is 165 Å². The van der Waals surface area contributed by atoms with Crippen molar-refractivity contribution in [3.63, 3.8) is 0 Å². The molecule has 1 amide bonds. The van der Waals surface area contributed by atoms with E-state index >= 15 is 0 Å². The molecule has 0 aliphatic carbocycles. The van der Waals surface area contributed by atoms with Crippen molar-refractivity contribution in [3.8, 4) is 0 Å². The summed E-state index contributed by atoms with van der Waals surface area (Å²) in [5.74, 6) is -0.386. The summed E-state index contributed by atoms with van der Waals surface area (Å²) in [4.78, 5) is 14.2. The predicted octanol–water partition coefficient (Wildman–Crippen LogP) is 3.41. The van der Waals surface area contributed by atoms with Crippen LogP contribution in [0.2, 0.25) is 0 Å². The molecule has 3 rings (SSSR count). The van der Waals surface area contributed by atoms with Crippen LogP contribution in [-0.2, 0) is 27.8 Å². The van der Waals surface area contributed by atoms with Crippen LogP contribution in [0.4, 0.5) is 4.39 Å². The molecule has 2 aromatic carbocycles. The van der Waals surface area contributed by atoms with E-state index in [-0.39, 0.29) is 22.5 Å². The van der Waals surface area contributed by atoms with Gasteiger partial charge in [0.2, 0.25) is 15.9 Å². The molecule has 0 saturated carbocycles. The SMILES string of the molecule is CC(C)C(=O)N1CCc2ccc(S(=O)(=O)NC(C)c3ccc(F)cc3)cc2C1. The Balaban J connectivity index is 1.80. The molecule has 7 heteroatoms. The van der Waals surface area contributed by atoms with Crippen LogP contribution in [0.15, 0.2) is 47.4 Å². The van der Waals surface area contributed by atoms with Crippen LogP contribution in [0.3, 0.4) is 0 Å². The summed E-state index contributed by atoms with van der Waals surface area (Å²) < 4.78 is 41.4. The Hall–Kier alpha value is -2.25. The number of hydrogen-bond donors (Lipinski definition) is 1. The van der Waals surface area contributed by atoms with Crippen LogP contribution in [0.5, 0.6) is 0 Å². The van der Waals surface area contributed by atoms with Crippen molar-refractivity contribution in [2.75, 3.05) is 6.54 Å². The number of carbonyl (C=O) groups is 1. The summed E-state index contributed by atoms with van der Waals surface area (Å²) in [6, 6.07) is 10.3. The second kappa shape index (κ2) is 8.01. The Morgan fingerprint density at radius 2 is 1.75 bits per heavy atom. The minimum absolute atomic E-state index is 0.0713. The van der Waals surface area contributed by atoms with Crippen molar-refractivity contribution in [2.24, 2.45) is 5.92 Å². The maximum Gasteiger partial charge on any atom is 0.241 e. The largest absolute Gasteiger partial charge is 0.338 e. The van der Waals surface area contributed by atoms with Gasteiger partial charge in [0, 0.05) is 25.0 Å². The van der Waals surface area contributed by atoms with E-state index in [9.17, 15) is 17.6 Å². The third kappa shape index (κ3) is 4.42. The quantitative estimate of drug-likeness (QED) is 0.831. The Bertz CT molecular complexity index is 972. The average molecular weight is 405 g/mol. The first-order chi connectivity index (χ1) is 13.2. The Morgan fingerprint density at radius 1 is 1.07 bits per heavy atom. The molecule has 1 aliphatic heterocycles. The monoisotopic (exact) mass is 404 g/mol. The molecule has 0 fully saturated rings. The molecular formula is C21H25FN2O3S. The zero-order chi connectivity index (χ0) is 20.5. The van der Waals surface area contributed by atoms with Gasteiger partial charge in [0.1, 0.15) is 5.82 Å². The van der Waals surface area contributed by atoms with E-state index < -0.39 is 16.1 Å². The highest BCUT2D eigenvalue weighted by Gasteiger charge is 2.25. The fourth-order valence-electron chi connectivity index (χ4n) is 3.37. The van der Waals surface area contributed by atoms with Crippen LogP contribution in [0, 0.1) is 11.7 Å². The minimum atomic E-state index is -3.75.